The van der Waals surface area contributed by atoms with Crippen LogP contribution in [0, 0.1) is 5.92 Å². The van der Waals surface area contributed by atoms with Gasteiger partial charge in [-0.05, 0) is 13.8 Å². The molecule has 2 aliphatic rings. The topological polar surface area (TPSA) is 29.5 Å². The van der Waals surface area contributed by atoms with Gasteiger partial charge in [0.2, 0.25) is 0 Å². The maximum absolute atomic E-state index is 11.4. The van der Waals surface area contributed by atoms with Crippen molar-refractivity contribution in [1.82, 2.24) is 4.90 Å². The molecular weight excluding hydrogens is 166 g/mol. The number of hydrogen-bond donors (Lipinski definition) is 0. The predicted octanol–water partition coefficient (Wildman–Crippen LogP) is 1.92. The van der Waals surface area contributed by atoms with E-state index in [1.807, 2.05) is 6.92 Å². The third-order valence-corrected chi connectivity index (χ3v) is 2.80. The number of rotatable bonds is 0. The Morgan fingerprint density at radius 1 is 1.46 bits per heavy atom. The molecule has 0 saturated carbocycles. The Hall–Kier alpha value is -1.25. The SMILES string of the molecule is COC(=O)N1C(C)=CC2C(C)=CC21. The molecular formula is C10H13NO2. The van der Waals surface area contributed by atoms with Gasteiger partial charge in [0.25, 0.3) is 0 Å². The van der Waals surface area contributed by atoms with Gasteiger partial charge >= 0.3 is 6.09 Å². The van der Waals surface area contributed by atoms with E-state index in [0.717, 1.165) is 5.70 Å². The van der Waals surface area contributed by atoms with Crippen LogP contribution in [0.4, 0.5) is 4.79 Å². The number of carbonyl (C=O) groups is 1. The molecule has 70 valence electrons. The molecule has 1 amide bonds. The molecule has 0 aromatic carbocycles. The Balaban J connectivity index is 2.23. The first-order chi connectivity index (χ1) is 6.15. The summed E-state index contributed by atoms with van der Waals surface area (Å²) in [6, 6.07) is 0.215. The lowest BCUT2D eigenvalue weighted by Gasteiger charge is -2.33. The molecule has 0 radical (unpaired) electrons. The van der Waals surface area contributed by atoms with Gasteiger partial charge in [0.15, 0.2) is 0 Å². The fraction of sp³-hybridized carbons (Fsp3) is 0.500. The van der Waals surface area contributed by atoms with E-state index in [1.165, 1.54) is 12.7 Å². The zero-order chi connectivity index (χ0) is 9.59. The molecule has 0 aromatic heterocycles. The molecule has 1 heterocycles. The Morgan fingerprint density at radius 3 is 2.62 bits per heavy atom. The lowest BCUT2D eigenvalue weighted by atomic mass is 9.82. The highest BCUT2D eigenvalue weighted by Crippen LogP contribution is 2.40. The number of fused-ring (bicyclic) bond motifs is 1. The first kappa shape index (κ1) is 8.35. The van der Waals surface area contributed by atoms with E-state index in [-0.39, 0.29) is 12.1 Å². The monoisotopic (exact) mass is 179 g/mol. The molecule has 0 fully saturated rings. The zero-order valence-electron chi connectivity index (χ0n) is 8.07. The quantitative estimate of drug-likeness (QED) is 0.532. The lowest BCUT2D eigenvalue weighted by Crippen LogP contribution is -2.41. The van der Waals surface area contributed by atoms with E-state index in [1.54, 1.807) is 4.90 Å². The second-order valence-electron chi connectivity index (χ2n) is 3.58. The van der Waals surface area contributed by atoms with E-state index in [4.69, 9.17) is 4.74 Å². The van der Waals surface area contributed by atoms with Gasteiger partial charge in [0.1, 0.15) is 0 Å². The van der Waals surface area contributed by atoms with Crippen LogP contribution in [0.25, 0.3) is 0 Å². The minimum Gasteiger partial charge on any atom is -0.452 e. The van der Waals surface area contributed by atoms with Gasteiger partial charge in [-0.3, -0.25) is 4.90 Å². The number of methoxy groups -OCH3 is 1. The van der Waals surface area contributed by atoms with Crippen LogP contribution in [0.2, 0.25) is 0 Å². The lowest BCUT2D eigenvalue weighted by molar-refractivity contribution is 0.126. The number of nitrogens with zero attached hydrogens (tertiary/aromatic N) is 1. The summed E-state index contributed by atoms with van der Waals surface area (Å²) in [4.78, 5) is 13.1. The third kappa shape index (κ3) is 0.996. The summed E-state index contributed by atoms with van der Waals surface area (Å²) in [5.74, 6) is 0.430. The maximum atomic E-state index is 11.4. The summed E-state index contributed by atoms with van der Waals surface area (Å²) in [5, 5.41) is 0. The fourth-order valence-electron chi connectivity index (χ4n) is 2.04. The third-order valence-electron chi connectivity index (χ3n) is 2.80. The van der Waals surface area contributed by atoms with Crippen molar-refractivity contribution in [2.75, 3.05) is 7.11 Å². The van der Waals surface area contributed by atoms with E-state index < -0.39 is 0 Å². The molecule has 2 atom stereocenters. The number of ether oxygens (including phenoxy) is 1. The predicted molar refractivity (Wildman–Crippen MR) is 49.0 cm³/mol. The van der Waals surface area contributed by atoms with Crippen molar-refractivity contribution in [1.29, 1.82) is 0 Å². The number of carbonyl (C=O) groups excluding carboxylic acids is 1. The van der Waals surface area contributed by atoms with E-state index in [2.05, 4.69) is 19.1 Å². The van der Waals surface area contributed by atoms with Gasteiger partial charge in [-0.15, -0.1) is 0 Å². The normalized spacial score (nSPS) is 30.2. The van der Waals surface area contributed by atoms with Gasteiger partial charge in [0, 0.05) is 11.6 Å². The molecule has 0 bridgehead atoms. The molecule has 0 saturated heterocycles. The second-order valence-corrected chi connectivity index (χ2v) is 3.58. The highest BCUT2D eigenvalue weighted by Gasteiger charge is 2.41. The van der Waals surface area contributed by atoms with Crippen LogP contribution < -0.4 is 0 Å². The number of hydrogen-bond acceptors (Lipinski definition) is 2. The van der Waals surface area contributed by atoms with Gasteiger partial charge in [-0.25, -0.2) is 4.79 Å². The molecule has 1 aliphatic heterocycles. The summed E-state index contributed by atoms with van der Waals surface area (Å²) < 4.78 is 4.71. The number of amides is 1. The Morgan fingerprint density at radius 2 is 2.15 bits per heavy atom. The van der Waals surface area contributed by atoms with E-state index in [0.29, 0.717) is 5.92 Å². The highest BCUT2D eigenvalue weighted by molar-refractivity contribution is 5.72. The van der Waals surface area contributed by atoms with Crippen LogP contribution in [0.1, 0.15) is 13.8 Å². The summed E-state index contributed by atoms with van der Waals surface area (Å²) >= 11 is 0. The van der Waals surface area contributed by atoms with Crippen molar-refractivity contribution in [2.24, 2.45) is 5.92 Å². The largest absolute Gasteiger partial charge is 0.452 e. The van der Waals surface area contributed by atoms with Crippen molar-refractivity contribution in [3.05, 3.63) is 23.4 Å². The first-order valence-electron chi connectivity index (χ1n) is 4.39. The van der Waals surface area contributed by atoms with Crippen molar-refractivity contribution >= 4 is 6.09 Å². The molecule has 1 aliphatic carbocycles. The first-order valence-corrected chi connectivity index (χ1v) is 4.39. The van der Waals surface area contributed by atoms with E-state index >= 15 is 0 Å². The smallest absolute Gasteiger partial charge is 0.414 e. The Kier molecular flexibility index (Phi) is 1.68. The van der Waals surface area contributed by atoms with Gasteiger partial charge in [-0.2, -0.15) is 0 Å². The molecule has 3 heteroatoms. The summed E-state index contributed by atoms with van der Waals surface area (Å²) in [5.41, 5.74) is 2.34. The van der Waals surface area contributed by atoms with E-state index in [9.17, 15) is 4.79 Å². The summed E-state index contributed by atoms with van der Waals surface area (Å²) in [7, 11) is 1.41. The minimum atomic E-state index is -0.259. The van der Waals surface area contributed by atoms with Crippen molar-refractivity contribution in [3.63, 3.8) is 0 Å². The highest BCUT2D eigenvalue weighted by atomic mass is 16.5. The Bertz CT molecular complexity index is 317. The minimum absolute atomic E-state index is 0.215. The standard InChI is InChI=1S/C10H13NO2/c1-6-4-9-8(6)5-7(2)11(9)10(12)13-3/h4-5,8-9H,1-3H3. The Labute approximate surface area is 77.7 Å². The van der Waals surface area contributed by atoms with Gasteiger partial charge < -0.3 is 4.74 Å². The van der Waals surface area contributed by atoms with Crippen LogP contribution >= 0.6 is 0 Å². The molecule has 3 nitrogen and oxygen atoms in total. The molecule has 0 N–H and O–H groups in total. The van der Waals surface area contributed by atoms with Crippen LogP contribution in [-0.4, -0.2) is 24.1 Å². The van der Waals surface area contributed by atoms with Gasteiger partial charge in [0.05, 0.1) is 13.2 Å². The summed E-state index contributed by atoms with van der Waals surface area (Å²) in [6.45, 7) is 4.03. The second kappa shape index (κ2) is 2.62. The summed E-state index contributed by atoms with van der Waals surface area (Å²) in [6.07, 6.45) is 3.97. The molecule has 13 heavy (non-hydrogen) atoms. The molecule has 2 unspecified atom stereocenters. The maximum Gasteiger partial charge on any atom is 0.414 e. The van der Waals surface area contributed by atoms with Crippen LogP contribution in [-0.2, 0) is 4.74 Å². The van der Waals surface area contributed by atoms with Crippen molar-refractivity contribution < 1.29 is 9.53 Å². The zero-order valence-corrected chi connectivity index (χ0v) is 8.07. The van der Waals surface area contributed by atoms with Crippen molar-refractivity contribution in [2.45, 2.75) is 19.9 Å². The molecule has 0 spiro atoms. The fourth-order valence-corrected chi connectivity index (χ4v) is 2.04. The average Bonchev–Trinajstić information content (AvgIpc) is 2.38. The van der Waals surface area contributed by atoms with Crippen LogP contribution in [0.5, 0.6) is 0 Å². The average molecular weight is 179 g/mol. The van der Waals surface area contributed by atoms with Crippen LogP contribution in [0.15, 0.2) is 23.4 Å². The van der Waals surface area contributed by atoms with Crippen LogP contribution in [0.3, 0.4) is 0 Å². The molecule has 0 aromatic rings. The number of allylic oxidation sites excluding steroid dienone is 1. The molecule has 2 rings (SSSR count). The van der Waals surface area contributed by atoms with Crippen molar-refractivity contribution in [3.8, 4) is 0 Å². The van der Waals surface area contributed by atoms with Gasteiger partial charge in [-0.1, -0.05) is 17.7 Å².